The van der Waals surface area contributed by atoms with Gasteiger partial charge in [0.25, 0.3) is 0 Å². The molecule has 0 bridgehead atoms. The Bertz CT molecular complexity index is 341. The summed E-state index contributed by atoms with van der Waals surface area (Å²) >= 11 is 0. The quantitative estimate of drug-likeness (QED) is 0.395. The molecule has 1 rings (SSSR count). The Morgan fingerprint density at radius 3 is 2.00 bits per heavy atom. The second-order valence-corrected chi connectivity index (χ2v) is 3.27. The van der Waals surface area contributed by atoms with E-state index in [-0.39, 0.29) is 11.5 Å². The second-order valence-electron chi connectivity index (χ2n) is 2.24. The lowest BCUT2D eigenvalue weighted by molar-refractivity contribution is 0.109. The van der Waals surface area contributed by atoms with Gasteiger partial charge in [-0.2, -0.15) is 0 Å². The monoisotopic (exact) mass is 224 g/mol. The van der Waals surface area contributed by atoms with Crippen LogP contribution in [0, 0.1) is 6.92 Å². The largest absolute Gasteiger partial charge is 0.504 e. The van der Waals surface area contributed by atoms with Crippen LogP contribution in [0.5, 0.6) is 5.75 Å². The van der Waals surface area contributed by atoms with Crippen molar-refractivity contribution >= 4 is 14.1 Å². The van der Waals surface area contributed by atoms with E-state index < -0.39 is 7.82 Å². The fourth-order valence-electron chi connectivity index (χ4n) is 0.538. The Morgan fingerprint density at radius 2 is 1.86 bits per heavy atom. The van der Waals surface area contributed by atoms with Crippen molar-refractivity contribution in [2.24, 2.45) is 0 Å². The summed E-state index contributed by atoms with van der Waals surface area (Å²) < 4.78 is 13.5. The van der Waals surface area contributed by atoms with Crippen LogP contribution in [0.1, 0.15) is 16.1 Å². The van der Waals surface area contributed by atoms with Crippen LogP contribution >= 0.6 is 7.82 Å². The minimum Gasteiger partial charge on any atom is -0.504 e. The van der Waals surface area contributed by atoms with Crippen molar-refractivity contribution in [3.05, 3.63) is 17.6 Å². The van der Waals surface area contributed by atoms with Crippen LogP contribution in [-0.4, -0.2) is 26.1 Å². The van der Waals surface area contributed by atoms with Gasteiger partial charge in [-0.25, -0.2) is 4.57 Å². The smallest absolute Gasteiger partial charge is 0.466 e. The third-order valence-corrected chi connectivity index (χ3v) is 1.16. The molecule has 1 aromatic heterocycles. The molecule has 0 fully saturated rings. The SMILES string of the molecule is Cc1c(O)coc1C=O.O=P(O)(O)O. The van der Waals surface area contributed by atoms with E-state index in [4.69, 9.17) is 24.4 Å². The zero-order valence-electron chi connectivity index (χ0n) is 7.12. The summed E-state index contributed by atoms with van der Waals surface area (Å²) in [4.78, 5) is 31.6. The van der Waals surface area contributed by atoms with Gasteiger partial charge < -0.3 is 24.2 Å². The number of phosphoric acid groups is 1. The summed E-state index contributed by atoms with van der Waals surface area (Å²) in [6, 6.07) is 0. The predicted molar refractivity (Wildman–Crippen MR) is 44.8 cm³/mol. The standard InChI is InChI=1S/C6H6O3.H3O4P/c1-4-5(8)3-9-6(4)2-7;1-5(2,3)4/h2-3,8H,1H3;(H3,1,2,3,4). The van der Waals surface area contributed by atoms with Crippen molar-refractivity contribution in [1.82, 2.24) is 0 Å². The van der Waals surface area contributed by atoms with Crippen LogP contribution in [0.2, 0.25) is 0 Å². The van der Waals surface area contributed by atoms with E-state index in [9.17, 15) is 4.79 Å². The first-order valence-electron chi connectivity index (χ1n) is 3.26. The van der Waals surface area contributed by atoms with Gasteiger partial charge in [-0.1, -0.05) is 0 Å². The average Bonchev–Trinajstić information content (AvgIpc) is 2.30. The molecule has 0 spiro atoms. The van der Waals surface area contributed by atoms with Crippen LogP contribution < -0.4 is 0 Å². The lowest BCUT2D eigenvalue weighted by atomic mass is 10.3. The molecule has 0 aliphatic carbocycles. The minimum absolute atomic E-state index is 0.0251. The van der Waals surface area contributed by atoms with E-state index in [1.807, 2.05) is 0 Å². The topological polar surface area (TPSA) is 128 Å². The molecule has 0 radical (unpaired) electrons. The van der Waals surface area contributed by atoms with E-state index in [2.05, 4.69) is 4.42 Å². The van der Waals surface area contributed by atoms with Gasteiger partial charge in [0.05, 0.1) is 0 Å². The molecule has 1 heterocycles. The molecule has 0 aromatic carbocycles. The third kappa shape index (κ3) is 5.50. The normalized spacial score (nSPS) is 10.3. The predicted octanol–water partition coefficient (Wildman–Crippen LogP) is 0.178. The van der Waals surface area contributed by atoms with Gasteiger partial charge in [0.15, 0.2) is 17.8 Å². The molecule has 4 N–H and O–H groups in total. The van der Waals surface area contributed by atoms with Crippen molar-refractivity contribution in [1.29, 1.82) is 0 Å². The Labute approximate surface area is 78.8 Å². The van der Waals surface area contributed by atoms with Gasteiger partial charge >= 0.3 is 7.82 Å². The number of hydrogen-bond donors (Lipinski definition) is 4. The van der Waals surface area contributed by atoms with Crippen molar-refractivity contribution in [2.45, 2.75) is 6.92 Å². The summed E-state index contributed by atoms with van der Waals surface area (Å²) in [6.45, 7) is 1.61. The molecule has 0 saturated heterocycles. The molecule has 0 aliphatic heterocycles. The van der Waals surface area contributed by atoms with Crippen molar-refractivity contribution < 1.29 is 33.6 Å². The number of rotatable bonds is 1. The molecule has 0 atom stereocenters. The molecule has 1 aromatic rings. The van der Waals surface area contributed by atoms with Gasteiger partial charge in [0.2, 0.25) is 0 Å². The van der Waals surface area contributed by atoms with Crippen molar-refractivity contribution in [3.8, 4) is 5.75 Å². The number of carbonyl (C=O) groups is 1. The molecule has 0 amide bonds. The molecule has 0 aliphatic rings. The summed E-state index contributed by atoms with van der Waals surface area (Å²) in [6.07, 6.45) is 1.70. The van der Waals surface area contributed by atoms with Gasteiger partial charge in [0.1, 0.15) is 6.26 Å². The van der Waals surface area contributed by atoms with Crippen LogP contribution in [0.3, 0.4) is 0 Å². The van der Waals surface area contributed by atoms with Gasteiger partial charge in [-0.15, -0.1) is 0 Å². The maximum Gasteiger partial charge on any atom is 0.466 e. The number of carbonyl (C=O) groups excluding carboxylic acids is 1. The number of aromatic hydroxyl groups is 1. The maximum absolute atomic E-state index is 10.0. The summed E-state index contributed by atoms with van der Waals surface area (Å²) in [5, 5.41) is 8.82. The van der Waals surface area contributed by atoms with Gasteiger partial charge in [-0.3, -0.25) is 4.79 Å². The summed E-state index contributed by atoms with van der Waals surface area (Å²) in [5.74, 6) is 0.213. The molecule has 8 heteroatoms. The van der Waals surface area contributed by atoms with Crippen LogP contribution in [0.4, 0.5) is 0 Å². The van der Waals surface area contributed by atoms with Crippen LogP contribution in [0.15, 0.2) is 10.7 Å². The van der Waals surface area contributed by atoms with E-state index in [0.29, 0.717) is 11.8 Å². The third-order valence-electron chi connectivity index (χ3n) is 1.16. The molecular weight excluding hydrogens is 215 g/mol. The highest BCUT2D eigenvalue weighted by atomic mass is 31.2. The van der Waals surface area contributed by atoms with Crippen molar-refractivity contribution in [3.63, 3.8) is 0 Å². The minimum atomic E-state index is -4.64. The first-order valence-corrected chi connectivity index (χ1v) is 4.82. The molecule has 0 saturated carbocycles. The first kappa shape index (κ1) is 12.9. The molecule has 0 unspecified atom stereocenters. The van der Waals surface area contributed by atoms with E-state index in [1.165, 1.54) is 0 Å². The Kier molecular flexibility index (Phi) is 4.52. The average molecular weight is 224 g/mol. The zero-order chi connectivity index (χ0) is 11.4. The van der Waals surface area contributed by atoms with Crippen molar-refractivity contribution in [2.75, 3.05) is 0 Å². The zero-order valence-corrected chi connectivity index (χ0v) is 8.01. The second kappa shape index (κ2) is 4.92. The van der Waals surface area contributed by atoms with E-state index >= 15 is 0 Å². The first-order chi connectivity index (χ1) is 6.25. The van der Waals surface area contributed by atoms with E-state index in [1.54, 1.807) is 6.92 Å². The number of hydrogen-bond acceptors (Lipinski definition) is 4. The Morgan fingerprint density at radius 1 is 1.43 bits per heavy atom. The highest BCUT2D eigenvalue weighted by Crippen LogP contribution is 2.25. The van der Waals surface area contributed by atoms with Crippen LogP contribution in [0.25, 0.3) is 0 Å². The van der Waals surface area contributed by atoms with Crippen LogP contribution in [-0.2, 0) is 4.57 Å². The fourth-order valence-corrected chi connectivity index (χ4v) is 0.538. The number of aldehydes is 1. The highest BCUT2D eigenvalue weighted by Gasteiger charge is 2.05. The van der Waals surface area contributed by atoms with E-state index in [0.717, 1.165) is 6.26 Å². The Hall–Kier alpha value is -1.14. The number of furan rings is 1. The van der Waals surface area contributed by atoms with Gasteiger partial charge in [-0.05, 0) is 6.92 Å². The molecule has 80 valence electrons. The maximum atomic E-state index is 10.0. The highest BCUT2D eigenvalue weighted by molar-refractivity contribution is 7.45. The molecule has 7 nitrogen and oxygen atoms in total. The summed E-state index contributed by atoms with van der Waals surface area (Å²) in [5.41, 5.74) is 0.491. The Balaban J connectivity index is 0.000000292. The summed E-state index contributed by atoms with van der Waals surface area (Å²) in [7, 11) is -4.64. The lowest BCUT2D eigenvalue weighted by Gasteiger charge is -1.82. The lowest BCUT2D eigenvalue weighted by Crippen LogP contribution is -1.75. The molecular formula is C6H9O7P. The van der Waals surface area contributed by atoms with Gasteiger partial charge in [0, 0.05) is 5.56 Å². The fraction of sp³-hybridized carbons (Fsp3) is 0.167. The molecule has 14 heavy (non-hydrogen) atoms.